The second-order valence-corrected chi connectivity index (χ2v) is 8.43. The molecule has 6 heteroatoms. The lowest BCUT2D eigenvalue weighted by Gasteiger charge is -2.39. The van der Waals surface area contributed by atoms with Gasteiger partial charge in [0.25, 0.3) is 5.91 Å². The molecule has 150 valence electrons. The fourth-order valence-electron chi connectivity index (χ4n) is 5.04. The lowest BCUT2D eigenvalue weighted by Crippen LogP contribution is -2.45. The normalized spacial score (nSPS) is 23.6. The fraction of sp³-hybridized carbons (Fsp3) is 0.591. The number of hydrogen-bond acceptors (Lipinski definition) is 3. The number of piperidine rings is 1. The summed E-state index contributed by atoms with van der Waals surface area (Å²) in [5.41, 5.74) is 1.28. The standard InChI is InChI=1S/C22H29N3O3/c1-2-24-20(27)18-15-22(16-25(18)21(24)28)11-13-23(14-12-22)19(26)10-6-9-17-7-4-3-5-8-17/h3-5,7-8,18H,2,6,9-16H2,1H3. The Morgan fingerprint density at radius 2 is 1.86 bits per heavy atom. The maximum Gasteiger partial charge on any atom is 0.327 e. The minimum absolute atomic E-state index is 0.0106. The van der Waals surface area contributed by atoms with E-state index in [2.05, 4.69) is 12.1 Å². The van der Waals surface area contributed by atoms with Crippen molar-refractivity contribution < 1.29 is 14.4 Å². The number of carbonyl (C=O) groups is 3. The topological polar surface area (TPSA) is 60.9 Å². The zero-order valence-electron chi connectivity index (χ0n) is 16.6. The largest absolute Gasteiger partial charge is 0.343 e. The first-order valence-corrected chi connectivity index (χ1v) is 10.5. The smallest absolute Gasteiger partial charge is 0.327 e. The first-order chi connectivity index (χ1) is 13.5. The summed E-state index contributed by atoms with van der Waals surface area (Å²) in [7, 11) is 0. The summed E-state index contributed by atoms with van der Waals surface area (Å²) in [6, 6.07) is 9.86. The Morgan fingerprint density at radius 1 is 1.14 bits per heavy atom. The number of urea groups is 1. The molecule has 3 aliphatic rings. The maximum atomic E-state index is 12.6. The fourth-order valence-corrected chi connectivity index (χ4v) is 5.04. The molecule has 3 fully saturated rings. The number of imide groups is 1. The van der Waals surface area contributed by atoms with Crippen LogP contribution in [0.3, 0.4) is 0 Å². The van der Waals surface area contributed by atoms with Crippen molar-refractivity contribution in [2.24, 2.45) is 5.41 Å². The zero-order chi connectivity index (χ0) is 19.7. The first kappa shape index (κ1) is 19.0. The Hall–Kier alpha value is -2.37. The monoisotopic (exact) mass is 383 g/mol. The van der Waals surface area contributed by atoms with Gasteiger partial charge in [-0.25, -0.2) is 4.79 Å². The Kier molecular flexibility index (Phi) is 5.13. The van der Waals surface area contributed by atoms with Gasteiger partial charge in [-0.1, -0.05) is 30.3 Å². The van der Waals surface area contributed by atoms with Crippen LogP contribution in [0, 0.1) is 5.41 Å². The van der Waals surface area contributed by atoms with Gasteiger partial charge in [-0.05, 0) is 50.0 Å². The average molecular weight is 383 g/mol. The highest BCUT2D eigenvalue weighted by Crippen LogP contribution is 2.46. The van der Waals surface area contributed by atoms with E-state index in [9.17, 15) is 14.4 Å². The quantitative estimate of drug-likeness (QED) is 0.735. The molecule has 1 atom stereocenters. The van der Waals surface area contributed by atoms with Gasteiger partial charge in [0.05, 0.1) is 0 Å². The Labute approximate surface area is 166 Å². The van der Waals surface area contributed by atoms with E-state index in [0.717, 1.165) is 45.2 Å². The highest BCUT2D eigenvalue weighted by Gasteiger charge is 2.56. The Bertz CT molecular complexity index is 730. The number of benzene rings is 1. The molecule has 0 bridgehead atoms. The van der Waals surface area contributed by atoms with Crippen LogP contribution in [-0.2, 0) is 16.0 Å². The molecular weight excluding hydrogens is 354 g/mol. The summed E-state index contributed by atoms with van der Waals surface area (Å²) in [5.74, 6) is 0.192. The van der Waals surface area contributed by atoms with Crippen LogP contribution in [0.5, 0.6) is 0 Å². The summed E-state index contributed by atoms with van der Waals surface area (Å²) < 4.78 is 0. The molecule has 28 heavy (non-hydrogen) atoms. The molecule has 6 nitrogen and oxygen atoms in total. The van der Waals surface area contributed by atoms with Crippen LogP contribution in [0.1, 0.15) is 44.6 Å². The molecule has 0 radical (unpaired) electrons. The predicted octanol–water partition coefficient (Wildman–Crippen LogP) is 2.67. The summed E-state index contributed by atoms with van der Waals surface area (Å²) in [6.07, 6.45) is 4.91. The number of likely N-dealkylation sites (N-methyl/N-ethyl adjacent to an activating group) is 1. The van der Waals surface area contributed by atoms with Gasteiger partial charge in [0, 0.05) is 32.6 Å². The summed E-state index contributed by atoms with van der Waals surface area (Å²) in [4.78, 5) is 42.6. The lowest BCUT2D eigenvalue weighted by atomic mass is 9.76. The molecule has 0 aliphatic carbocycles. The van der Waals surface area contributed by atoms with Crippen molar-refractivity contribution in [1.82, 2.24) is 14.7 Å². The third kappa shape index (κ3) is 3.40. The Morgan fingerprint density at radius 3 is 2.50 bits per heavy atom. The van der Waals surface area contributed by atoms with E-state index >= 15 is 0 Å². The molecule has 1 aromatic carbocycles. The van der Waals surface area contributed by atoms with E-state index < -0.39 is 0 Å². The third-order valence-electron chi connectivity index (χ3n) is 6.73. The Balaban J connectivity index is 1.27. The van der Waals surface area contributed by atoms with Crippen molar-refractivity contribution >= 4 is 17.8 Å². The van der Waals surface area contributed by atoms with Crippen molar-refractivity contribution in [2.45, 2.75) is 51.5 Å². The van der Waals surface area contributed by atoms with Gasteiger partial charge in [0.1, 0.15) is 6.04 Å². The average Bonchev–Trinajstić information content (AvgIpc) is 3.18. The number of carbonyl (C=O) groups excluding carboxylic acids is 3. The van der Waals surface area contributed by atoms with Crippen molar-refractivity contribution in [1.29, 1.82) is 0 Å². The van der Waals surface area contributed by atoms with E-state index in [1.54, 1.807) is 4.90 Å². The van der Waals surface area contributed by atoms with Gasteiger partial charge < -0.3 is 9.80 Å². The van der Waals surface area contributed by atoms with Gasteiger partial charge in [0.2, 0.25) is 5.91 Å². The molecule has 1 aromatic rings. The second-order valence-electron chi connectivity index (χ2n) is 8.43. The van der Waals surface area contributed by atoms with Gasteiger partial charge in [-0.3, -0.25) is 14.5 Å². The van der Waals surface area contributed by atoms with E-state index in [1.807, 2.05) is 30.0 Å². The zero-order valence-corrected chi connectivity index (χ0v) is 16.6. The van der Waals surface area contributed by atoms with Crippen LogP contribution in [0.15, 0.2) is 30.3 Å². The molecule has 3 saturated heterocycles. The molecule has 0 N–H and O–H groups in total. The molecule has 1 unspecified atom stereocenters. The molecule has 0 aromatic heterocycles. The molecule has 0 saturated carbocycles. The first-order valence-electron chi connectivity index (χ1n) is 10.5. The summed E-state index contributed by atoms with van der Waals surface area (Å²) in [5, 5.41) is 0. The number of fused-ring (bicyclic) bond motifs is 1. The summed E-state index contributed by atoms with van der Waals surface area (Å²) in [6.45, 7) is 4.43. The van der Waals surface area contributed by atoms with Crippen LogP contribution in [0.2, 0.25) is 0 Å². The van der Waals surface area contributed by atoms with Crippen molar-refractivity contribution in [3.8, 4) is 0 Å². The minimum atomic E-state index is -0.277. The molecule has 3 heterocycles. The van der Waals surface area contributed by atoms with E-state index in [1.165, 1.54) is 10.5 Å². The number of nitrogens with zero attached hydrogens (tertiary/aromatic N) is 3. The predicted molar refractivity (Wildman–Crippen MR) is 106 cm³/mol. The highest BCUT2D eigenvalue weighted by molar-refractivity contribution is 6.04. The summed E-state index contributed by atoms with van der Waals surface area (Å²) >= 11 is 0. The number of amides is 4. The van der Waals surface area contributed by atoms with Crippen molar-refractivity contribution in [2.75, 3.05) is 26.2 Å². The van der Waals surface area contributed by atoms with E-state index in [0.29, 0.717) is 19.5 Å². The van der Waals surface area contributed by atoms with Gasteiger partial charge in [-0.2, -0.15) is 0 Å². The van der Waals surface area contributed by atoms with Crippen molar-refractivity contribution in [3.05, 3.63) is 35.9 Å². The maximum absolute atomic E-state index is 12.6. The molecular formula is C22H29N3O3. The van der Waals surface area contributed by atoms with Crippen LogP contribution in [-0.4, -0.2) is 64.8 Å². The SMILES string of the molecule is CCN1C(=O)C2CC3(CCN(C(=O)CCCc4ccccc4)CC3)CN2C1=O. The highest BCUT2D eigenvalue weighted by atomic mass is 16.2. The van der Waals surface area contributed by atoms with Crippen LogP contribution < -0.4 is 0 Å². The third-order valence-corrected chi connectivity index (χ3v) is 6.73. The van der Waals surface area contributed by atoms with Gasteiger partial charge >= 0.3 is 6.03 Å². The molecule has 4 amide bonds. The van der Waals surface area contributed by atoms with Crippen molar-refractivity contribution in [3.63, 3.8) is 0 Å². The van der Waals surface area contributed by atoms with Crippen LogP contribution >= 0.6 is 0 Å². The van der Waals surface area contributed by atoms with Gasteiger partial charge in [0.15, 0.2) is 0 Å². The molecule has 1 spiro atoms. The molecule has 4 rings (SSSR count). The molecule has 3 aliphatic heterocycles. The second kappa shape index (κ2) is 7.57. The van der Waals surface area contributed by atoms with Gasteiger partial charge in [-0.15, -0.1) is 0 Å². The van der Waals surface area contributed by atoms with E-state index in [-0.39, 0.29) is 29.3 Å². The number of rotatable bonds is 5. The minimum Gasteiger partial charge on any atom is -0.343 e. The lowest BCUT2D eigenvalue weighted by molar-refractivity contribution is -0.134. The van der Waals surface area contributed by atoms with E-state index in [4.69, 9.17) is 0 Å². The number of likely N-dealkylation sites (tertiary alicyclic amines) is 1. The van der Waals surface area contributed by atoms with Crippen LogP contribution in [0.25, 0.3) is 0 Å². The number of hydrogen-bond donors (Lipinski definition) is 0. The number of aryl methyl sites for hydroxylation is 1. The van der Waals surface area contributed by atoms with Crippen LogP contribution in [0.4, 0.5) is 4.79 Å².